The Bertz CT molecular complexity index is 1000. The second kappa shape index (κ2) is 9.28. The van der Waals surface area contributed by atoms with Crippen LogP contribution >= 0.6 is 11.3 Å². The van der Waals surface area contributed by atoms with E-state index >= 15 is 0 Å². The summed E-state index contributed by atoms with van der Waals surface area (Å²) in [4.78, 5) is 37.7. The molecule has 1 aromatic heterocycles. The van der Waals surface area contributed by atoms with Gasteiger partial charge in [-0.25, -0.2) is 4.98 Å². The number of nitrogens with one attached hydrogen (secondary N) is 1. The molecule has 3 aromatic rings. The highest BCUT2D eigenvalue weighted by atomic mass is 32.1. The lowest BCUT2D eigenvalue weighted by atomic mass is 10.1. The molecule has 1 heterocycles. The Kier molecular flexibility index (Phi) is 6.76. The van der Waals surface area contributed by atoms with Crippen LogP contribution in [0.4, 0.5) is 0 Å². The Labute approximate surface area is 175 Å². The molecule has 3 N–H and O–H groups in total. The molecular formula is C22H24N2O3SSi. The van der Waals surface area contributed by atoms with Crippen LogP contribution in [-0.2, 0) is 6.54 Å². The van der Waals surface area contributed by atoms with Crippen molar-refractivity contribution in [1.82, 2.24) is 10.3 Å². The SMILES string of the molecule is CC(C)[Si](O)(O)C=Cc1cccc(CNC(=O)c2ncc(-c3ccccc3)s2)c1. The quantitative estimate of drug-likeness (QED) is 0.498. The third-order valence-corrected chi connectivity index (χ3v) is 7.94. The van der Waals surface area contributed by atoms with Crippen LogP contribution in [0.2, 0.25) is 5.54 Å². The summed E-state index contributed by atoms with van der Waals surface area (Å²) in [6.45, 7) is 3.96. The molecule has 29 heavy (non-hydrogen) atoms. The van der Waals surface area contributed by atoms with Crippen LogP contribution in [0.1, 0.15) is 34.8 Å². The van der Waals surface area contributed by atoms with Crippen LogP contribution in [0.5, 0.6) is 0 Å². The third-order valence-electron chi connectivity index (χ3n) is 4.53. The van der Waals surface area contributed by atoms with Gasteiger partial charge in [0.1, 0.15) is 0 Å². The van der Waals surface area contributed by atoms with Gasteiger partial charge in [0, 0.05) is 18.3 Å². The maximum absolute atomic E-state index is 12.4. The molecule has 0 spiro atoms. The van der Waals surface area contributed by atoms with Crippen molar-refractivity contribution in [2.75, 3.05) is 0 Å². The van der Waals surface area contributed by atoms with Gasteiger partial charge in [0.05, 0.1) is 4.88 Å². The molecular weight excluding hydrogens is 400 g/mol. The minimum atomic E-state index is -3.34. The number of carbonyl (C=O) groups is 1. The largest absolute Gasteiger partial charge is 0.408 e. The third kappa shape index (κ3) is 5.71. The van der Waals surface area contributed by atoms with Crippen LogP contribution in [-0.4, -0.2) is 29.0 Å². The van der Waals surface area contributed by atoms with Crippen LogP contribution in [0.15, 0.2) is 66.5 Å². The van der Waals surface area contributed by atoms with Crippen molar-refractivity contribution in [3.8, 4) is 10.4 Å². The zero-order chi connectivity index (χ0) is 20.9. The lowest BCUT2D eigenvalue weighted by Gasteiger charge is -2.17. The van der Waals surface area contributed by atoms with E-state index in [1.165, 1.54) is 17.0 Å². The normalized spacial score (nSPS) is 11.9. The number of amides is 1. The van der Waals surface area contributed by atoms with Gasteiger partial charge in [0.2, 0.25) is 0 Å². The fourth-order valence-corrected chi connectivity index (χ4v) is 4.25. The van der Waals surface area contributed by atoms with Crippen molar-refractivity contribution >= 4 is 31.9 Å². The molecule has 0 aliphatic carbocycles. The topological polar surface area (TPSA) is 82.5 Å². The number of hydrogen-bond donors (Lipinski definition) is 3. The standard InChI is InChI=1S/C22H24N2O3SSi/c1-16(2)29(26,27)12-11-17-7-6-8-18(13-17)14-23-21(25)22-24-15-20(28-22)19-9-4-3-5-10-19/h3-13,15-16,26-27H,14H2,1-2H3,(H,23,25). The van der Waals surface area contributed by atoms with Crippen molar-refractivity contribution < 1.29 is 14.4 Å². The van der Waals surface area contributed by atoms with E-state index in [2.05, 4.69) is 10.3 Å². The summed E-state index contributed by atoms with van der Waals surface area (Å²) in [5.74, 6) is -0.213. The molecule has 0 saturated carbocycles. The van der Waals surface area contributed by atoms with Crippen molar-refractivity contribution in [2.24, 2.45) is 0 Å². The highest BCUT2D eigenvalue weighted by molar-refractivity contribution is 7.16. The second-order valence-corrected chi connectivity index (χ2v) is 11.2. The van der Waals surface area contributed by atoms with Crippen molar-refractivity contribution in [2.45, 2.75) is 25.9 Å². The minimum absolute atomic E-state index is 0.180. The number of benzene rings is 2. The fraction of sp³-hybridized carbons (Fsp3) is 0.182. The van der Waals surface area contributed by atoms with Gasteiger partial charge in [0.25, 0.3) is 5.91 Å². The van der Waals surface area contributed by atoms with Crippen LogP contribution < -0.4 is 5.32 Å². The minimum Gasteiger partial charge on any atom is -0.408 e. The molecule has 0 unspecified atom stereocenters. The molecule has 150 valence electrons. The lowest BCUT2D eigenvalue weighted by Crippen LogP contribution is -2.35. The Morgan fingerprint density at radius 2 is 1.93 bits per heavy atom. The zero-order valence-corrected chi connectivity index (χ0v) is 18.2. The predicted octanol–water partition coefficient (Wildman–Crippen LogP) is 4.13. The first kappa shape index (κ1) is 21.1. The number of aromatic nitrogens is 1. The van der Waals surface area contributed by atoms with Gasteiger partial charge in [-0.3, -0.25) is 4.79 Å². The first-order chi connectivity index (χ1) is 13.8. The number of nitrogens with zero attached hydrogens (tertiary/aromatic N) is 1. The average Bonchev–Trinajstić information content (AvgIpc) is 3.22. The maximum Gasteiger partial charge on any atom is 0.362 e. The average molecular weight is 425 g/mol. The lowest BCUT2D eigenvalue weighted by molar-refractivity contribution is 0.0950. The summed E-state index contributed by atoms with van der Waals surface area (Å²) in [7, 11) is -3.34. The first-order valence-electron chi connectivity index (χ1n) is 9.37. The Hall–Kier alpha value is -2.58. The molecule has 0 bridgehead atoms. The smallest absolute Gasteiger partial charge is 0.362 e. The van der Waals surface area contributed by atoms with Crippen molar-refractivity contribution in [1.29, 1.82) is 0 Å². The van der Waals surface area contributed by atoms with E-state index in [4.69, 9.17) is 0 Å². The summed E-state index contributed by atoms with van der Waals surface area (Å²) in [5, 5.41) is 3.32. The van der Waals surface area contributed by atoms with Crippen LogP contribution in [0.3, 0.4) is 0 Å². The van der Waals surface area contributed by atoms with Gasteiger partial charge in [-0.2, -0.15) is 0 Å². The van der Waals surface area contributed by atoms with Gasteiger partial charge < -0.3 is 14.9 Å². The Balaban J connectivity index is 1.62. The molecule has 0 atom stereocenters. The molecule has 1 amide bonds. The van der Waals surface area contributed by atoms with Gasteiger partial charge in [0.15, 0.2) is 5.01 Å². The van der Waals surface area contributed by atoms with Gasteiger partial charge >= 0.3 is 8.56 Å². The van der Waals surface area contributed by atoms with E-state index < -0.39 is 8.56 Å². The number of rotatable bonds is 7. The predicted molar refractivity (Wildman–Crippen MR) is 119 cm³/mol. The van der Waals surface area contributed by atoms with Gasteiger partial charge in [-0.05, 0) is 22.4 Å². The summed E-state index contributed by atoms with van der Waals surface area (Å²) >= 11 is 1.36. The van der Waals surface area contributed by atoms with Gasteiger partial charge in [-0.15, -0.1) is 11.3 Å². The van der Waals surface area contributed by atoms with Gasteiger partial charge in [-0.1, -0.05) is 74.5 Å². The maximum atomic E-state index is 12.4. The molecule has 0 radical (unpaired) electrons. The molecule has 0 saturated heterocycles. The zero-order valence-electron chi connectivity index (χ0n) is 16.4. The van der Waals surface area contributed by atoms with E-state index in [0.717, 1.165) is 21.6 Å². The summed E-state index contributed by atoms with van der Waals surface area (Å²) in [6.07, 6.45) is 3.44. The summed E-state index contributed by atoms with van der Waals surface area (Å²) in [5.41, 5.74) is 4.15. The molecule has 3 rings (SSSR count). The van der Waals surface area contributed by atoms with E-state index in [-0.39, 0.29) is 11.4 Å². The number of thiazole rings is 1. The Morgan fingerprint density at radius 1 is 1.17 bits per heavy atom. The highest BCUT2D eigenvalue weighted by Crippen LogP contribution is 2.25. The number of hydrogen-bond acceptors (Lipinski definition) is 5. The van der Waals surface area contributed by atoms with E-state index in [1.54, 1.807) is 26.1 Å². The van der Waals surface area contributed by atoms with Crippen molar-refractivity contribution in [3.63, 3.8) is 0 Å². The fourth-order valence-electron chi connectivity index (χ4n) is 2.59. The first-order valence-corrected chi connectivity index (χ1v) is 12.2. The molecule has 0 aliphatic rings. The number of carbonyl (C=O) groups excluding carboxylic acids is 1. The van der Waals surface area contributed by atoms with Crippen molar-refractivity contribution in [3.05, 3.63) is 82.6 Å². The molecule has 2 aromatic carbocycles. The van der Waals surface area contributed by atoms with E-state index in [9.17, 15) is 14.4 Å². The van der Waals surface area contributed by atoms with E-state index in [0.29, 0.717) is 11.6 Å². The highest BCUT2D eigenvalue weighted by Gasteiger charge is 2.29. The Morgan fingerprint density at radius 3 is 2.66 bits per heavy atom. The molecule has 0 fully saturated rings. The van der Waals surface area contributed by atoms with E-state index in [1.807, 2.05) is 54.6 Å². The summed E-state index contributed by atoms with van der Waals surface area (Å²) in [6, 6.07) is 17.4. The van der Waals surface area contributed by atoms with Crippen LogP contribution in [0.25, 0.3) is 16.5 Å². The monoisotopic (exact) mass is 424 g/mol. The molecule has 0 aliphatic heterocycles. The summed E-state index contributed by atoms with van der Waals surface area (Å²) < 4.78 is 0. The second-order valence-electron chi connectivity index (χ2n) is 7.09. The van der Waals surface area contributed by atoms with Crippen LogP contribution in [0, 0.1) is 0 Å². The molecule has 7 heteroatoms. The molecule has 5 nitrogen and oxygen atoms in total.